The number of pyridine rings is 1. The molecule has 0 unspecified atom stereocenters. The van der Waals surface area contributed by atoms with Crippen LogP contribution in [0.5, 0.6) is 11.5 Å². The molecule has 0 bridgehead atoms. The molecule has 1 saturated heterocycles. The number of amides is 2. The minimum absolute atomic E-state index is 0.0266. The Morgan fingerprint density at radius 1 is 0.956 bits per heavy atom. The zero-order valence-electron chi connectivity index (χ0n) is 27.1. The van der Waals surface area contributed by atoms with Crippen LogP contribution in [-0.2, 0) is 19.5 Å². The molecule has 2 aliphatic rings. The van der Waals surface area contributed by atoms with E-state index in [9.17, 15) is 9.59 Å². The number of ether oxygens (including phenoxy) is 2. The first-order valence-corrected chi connectivity index (χ1v) is 16.6. The van der Waals surface area contributed by atoms with Crippen LogP contribution in [0.25, 0.3) is 0 Å². The lowest BCUT2D eigenvalue weighted by Crippen LogP contribution is -2.47. The summed E-state index contributed by atoms with van der Waals surface area (Å²) in [5.41, 5.74) is 4.19. The van der Waals surface area contributed by atoms with Crippen molar-refractivity contribution >= 4 is 11.8 Å². The highest BCUT2D eigenvalue weighted by Crippen LogP contribution is 2.32. The maximum Gasteiger partial charge on any atom is 0.272 e. The molecule has 3 heterocycles. The predicted molar refractivity (Wildman–Crippen MR) is 176 cm³/mol. The molecule has 1 aromatic heterocycles. The summed E-state index contributed by atoms with van der Waals surface area (Å²) in [7, 11) is 0. The molecule has 0 saturated carbocycles. The standard InChI is InChI=1S/C37H48N4O4/c1-4-5-6-7-28-10-14-33(38-23-28)37(43)41(32-17-20-40(21-18-32)19-16-27(2)3)25-29-8-12-31(13-9-29)36(42)39-24-30-11-15-34-35(22-30)45-26-44-34/h8-15,22-23,27,32H,4-7,16-21,24-26H2,1-3H3,(H,39,42). The van der Waals surface area contributed by atoms with E-state index in [1.807, 2.05) is 59.6 Å². The number of hydrogen-bond acceptors (Lipinski definition) is 6. The number of likely N-dealkylation sites (tertiary alicyclic amines) is 1. The number of nitrogens with zero attached hydrogens (tertiary/aromatic N) is 3. The number of nitrogens with one attached hydrogen (secondary N) is 1. The Morgan fingerprint density at radius 3 is 2.40 bits per heavy atom. The van der Waals surface area contributed by atoms with Crippen molar-refractivity contribution in [2.75, 3.05) is 26.4 Å². The third-order valence-corrected chi connectivity index (χ3v) is 8.85. The van der Waals surface area contributed by atoms with E-state index < -0.39 is 0 Å². The number of carbonyl (C=O) groups excluding carboxylic acids is 2. The fourth-order valence-corrected chi connectivity index (χ4v) is 5.98. The minimum atomic E-state index is -0.149. The van der Waals surface area contributed by atoms with Crippen molar-refractivity contribution in [3.63, 3.8) is 0 Å². The monoisotopic (exact) mass is 612 g/mol. The van der Waals surface area contributed by atoms with Gasteiger partial charge < -0.3 is 24.6 Å². The average Bonchev–Trinajstić information content (AvgIpc) is 3.54. The van der Waals surface area contributed by atoms with Gasteiger partial charge >= 0.3 is 0 Å². The van der Waals surface area contributed by atoms with Gasteiger partial charge in [0.1, 0.15) is 5.69 Å². The van der Waals surface area contributed by atoms with E-state index in [1.54, 1.807) is 0 Å². The molecule has 240 valence electrons. The summed E-state index contributed by atoms with van der Waals surface area (Å²) in [5, 5.41) is 2.99. The summed E-state index contributed by atoms with van der Waals surface area (Å²) in [6, 6.07) is 17.3. The summed E-state index contributed by atoms with van der Waals surface area (Å²) in [5.74, 6) is 1.93. The zero-order chi connectivity index (χ0) is 31.6. The van der Waals surface area contributed by atoms with Crippen LogP contribution in [0.2, 0.25) is 0 Å². The van der Waals surface area contributed by atoms with Crippen LogP contribution in [0.1, 0.15) is 96.8 Å². The molecule has 3 aromatic rings. The van der Waals surface area contributed by atoms with Crippen molar-refractivity contribution in [3.05, 3.63) is 88.7 Å². The lowest BCUT2D eigenvalue weighted by molar-refractivity contribution is 0.0540. The molecule has 0 radical (unpaired) electrons. The molecule has 2 amide bonds. The summed E-state index contributed by atoms with van der Waals surface area (Å²) >= 11 is 0. The molecule has 0 atom stereocenters. The zero-order valence-corrected chi connectivity index (χ0v) is 27.1. The molecule has 0 spiro atoms. The van der Waals surface area contributed by atoms with Crippen molar-refractivity contribution in [2.24, 2.45) is 5.92 Å². The molecule has 45 heavy (non-hydrogen) atoms. The first kappa shape index (κ1) is 32.5. The summed E-state index contributed by atoms with van der Waals surface area (Å²) in [6.07, 6.45) is 9.46. The Balaban J connectivity index is 1.23. The highest BCUT2D eigenvalue weighted by atomic mass is 16.7. The lowest BCUT2D eigenvalue weighted by Gasteiger charge is -2.38. The van der Waals surface area contributed by atoms with Gasteiger partial charge in [0.05, 0.1) is 0 Å². The maximum absolute atomic E-state index is 14.0. The number of aromatic nitrogens is 1. The van der Waals surface area contributed by atoms with E-state index >= 15 is 0 Å². The Hall–Kier alpha value is -3.91. The van der Waals surface area contributed by atoms with Crippen LogP contribution in [0, 0.1) is 5.92 Å². The number of carbonyl (C=O) groups is 2. The lowest BCUT2D eigenvalue weighted by atomic mass is 10.00. The van der Waals surface area contributed by atoms with E-state index in [0.717, 1.165) is 62.2 Å². The quantitative estimate of drug-likeness (QED) is 0.206. The molecule has 1 fully saturated rings. The van der Waals surface area contributed by atoms with E-state index in [1.165, 1.54) is 24.8 Å². The largest absolute Gasteiger partial charge is 0.454 e. The van der Waals surface area contributed by atoms with Crippen LogP contribution in [-0.4, -0.2) is 59.1 Å². The van der Waals surface area contributed by atoms with Crippen molar-refractivity contribution in [3.8, 4) is 11.5 Å². The van der Waals surface area contributed by atoms with Gasteiger partial charge in [0, 0.05) is 44.0 Å². The second kappa shape index (κ2) is 15.9. The van der Waals surface area contributed by atoms with E-state index in [0.29, 0.717) is 36.0 Å². The number of benzene rings is 2. The number of aryl methyl sites for hydroxylation is 1. The summed E-state index contributed by atoms with van der Waals surface area (Å²) in [4.78, 5) is 36.0. The second-order valence-electron chi connectivity index (χ2n) is 12.8. The van der Waals surface area contributed by atoms with E-state index in [-0.39, 0.29) is 24.6 Å². The molecular formula is C37H48N4O4. The molecule has 8 nitrogen and oxygen atoms in total. The van der Waals surface area contributed by atoms with Gasteiger partial charge in [-0.1, -0.05) is 57.9 Å². The van der Waals surface area contributed by atoms with Gasteiger partial charge in [0.15, 0.2) is 11.5 Å². The van der Waals surface area contributed by atoms with Gasteiger partial charge in [-0.3, -0.25) is 14.6 Å². The third-order valence-electron chi connectivity index (χ3n) is 8.85. The van der Waals surface area contributed by atoms with Gasteiger partial charge in [0.25, 0.3) is 11.8 Å². The number of rotatable bonds is 14. The number of hydrogen-bond donors (Lipinski definition) is 1. The molecular weight excluding hydrogens is 564 g/mol. The van der Waals surface area contributed by atoms with Crippen molar-refractivity contribution < 1.29 is 19.1 Å². The van der Waals surface area contributed by atoms with Gasteiger partial charge in [-0.25, -0.2) is 0 Å². The summed E-state index contributed by atoms with van der Waals surface area (Å²) in [6.45, 7) is 10.9. The molecule has 1 N–H and O–H groups in total. The third kappa shape index (κ3) is 9.07. The molecule has 8 heteroatoms. The molecule has 5 rings (SSSR count). The Labute approximate surface area is 268 Å². The SMILES string of the molecule is CCCCCc1ccc(C(=O)N(Cc2ccc(C(=O)NCc3ccc4c(c3)OCO4)cc2)C2CCN(CCC(C)C)CC2)nc1. The highest BCUT2D eigenvalue weighted by Gasteiger charge is 2.29. The normalized spacial score (nSPS) is 14.9. The minimum Gasteiger partial charge on any atom is -0.454 e. The fourth-order valence-electron chi connectivity index (χ4n) is 5.98. The Bertz CT molecular complexity index is 1400. The van der Waals surface area contributed by atoms with Crippen LogP contribution in [0.3, 0.4) is 0 Å². The van der Waals surface area contributed by atoms with Crippen molar-refractivity contribution in [2.45, 2.75) is 84.8 Å². The fraction of sp³-hybridized carbons (Fsp3) is 0.486. The van der Waals surface area contributed by atoms with Gasteiger partial charge in [-0.05, 0) is 91.6 Å². The number of fused-ring (bicyclic) bond motifs is 1. The van der Waals surface area contributed by atoms with Crippen LogP contribution >= 0.6 is 0 Å². The second-order valence-corrected chi connectivity index (χ2v) is 12.8. The Morgan fingerprint density at radius 2 is 1.69 bits per heavy atom. The van der Waals surface area contributed by atoms with Crippen molar-refractivity contribution in [1.29, 1.82) is 0 Å². The highest BCUT2D eigenvalue weighted by molar-refractivity contribution is 5.94. The number of unbranched alkanes of at least 4 members (excludes halogenated alkanes) is 2. The smallest absolute Gasteiger partial charge is 0.272 e. The molecule has 0 aliphatic carbocycles. The van der Waals surface area contributed by atoms with Crippen LogP contribution in [0.4, 0.5) is 0 Å². The van der Waals surface area contributed by atoms with Crippen LogP contribution < -0.4 is 14.8 Å². The maximum atomic E-state index is 14.0. The van der Waals surface area contributed by atoms with Gasteiger partial charge in [-0.15, -0.1) is 0 Å². The molecule has 2 aliphatic heterocycles. The topological polar surface area (TPSA) is 84.0 Å². The first-order chi connectivity index (χ1) is 21.9. The van der Waals surface area contributed by atoms with E-state index in [2.05, 4.69) is 42.0 Å². The van der Waals surface area contributed by atoms with Crippen molar-refractivity contribution in [1.82, 2.24) is 20.1 Å². The number of piperidine rings is 1. The van der Waals surface area contributed by atoms with Crippen LogP contribution in [0.15, 0.2) is 60.8 Å². The van der Waals surface area contributed by atoms with E-state index in [4.69, 9.17) is 9.47 Å². The average molecular weight is 613 g/mol. The molecule has 2 aromatic carbocycles. The van der Waals surface area contributed by atoms with Gasteiger partial charge in [-0.2, -0.15) is 0 Å². The summed E-state index contributed by atoms with van der Waals surface area (Å²) < 4.78 is 10.8. The first-order valence-electron chi connectivity index (χ1n) is 16.6. The van der Waals surface area contributed by atoms with Gasteiger partial charge in [0.2, 0.25) is 6.79 Å². The predicted octanol–water partition coefficient (Wildman–Crippen LogP) is 6.63. The Kier molecular flexibility index (Phi) is 11.5.